The molecule has 0 unspecified atom stereocenters. The number of carbonyl (C=O) groups excluding carboxylic acids is 1. The molecule has 0 spiro atoms. The summed E-state index contributed by atoms with van der Waals surface area (Å²) in [5.74, 6) is -3.15. The van der Waals surface area contributed by atoms with Gasteiger partial charge in [-0.25, -0.2) is 9.59 Å². The summed E-state index contributed by atoms with van der Waals surface area (Å²) in [4.78, 5) is 34.3. The lowest BCUT2D eigenvalue weighted by Crippen LogP contribution is -2.16. The number of carbonyl (C=O) groups is 3. The molecule has 0 aliphatic heterocycles. The van der Waals surface area contributed by atoms with Crippen LogP contribution in [0.5, 0.6) is 0 Å². The van der Waals surface area contributed by atoms with Crippen molar-refractivity contribution in [3.8, 4) is 0 Å². The number of rotatable bonds is 4. The van der Waals surface area contributed by atoms with Gasteiger partial charge in [-0.1, -0.05) is 23.7 Å². The van der Waals surface area contributed by atoms with Crippen molar-refractivity contribution in [3.63, 3.8) is 0 Å². The number of amides is 1. The highest BCUT2D eigenvalue weighted by Crippen LogP contribution is 2.21. The van der Waals surface area contributed by atoms with Crippen LogP contribution in [0.4, 0.5) is 5.69 Å². The van der Waals surface area contributed by atoms with Crippen molar-refractivity contribution in [2.24, 2.45) is 0 Å². The van der Waals surface area contributed by atoms with Crippen molar-refractivity contribution in [2.45, 2.75) is 0 Å². The van der Waals surface area contributed by atoms with Gasteiger partial charge in [-0.15, -0.1) is 0 Å². The maximum atomic E-state index is 12.2. The van der Waals surface area contributed by atoms with Crippen LogP contribution in [0.2, 0.25) is 5.02 Å². The van der Waals surface area contributed by atoms with E-state index in [1.54, 1.807) is 12.1 Å². The lowest BCUT2D eigenvalue weighted by Gasteiger charge is -2.10. The summed E-state index contributed by atoms with van der Waals surface area (Å²) in [5, 5.41) is 20.6. The Bertz CT molecular complexity index is 772. The molecule has 6 nitrogen and oxygen atoms in total. The zero-order valence-electron chi connectivity index (χ0n) is 11.0. The van der Waals surface area contributed by atoms with Gasteiger partial charge in [0.1, 0.15) is 0 Å². The fourth-order valence-electron chi connectivity index (χ4n) is 1.80. The molecule has 0 aliphatic rings. The second-order valence-corrected chi connectivity index (χ2v) is 4.71. The van der Waals surface area contributed by atoms with Crippen LogP contribution in [0, 0.1) is 0 Å². The summed E-state index contributed by atoms with van der Waals surface area (Å²) < 4.78 is 0. The largest absolute Gasteiger partial charge is 0.478 e. The van der Waals surface area contributed by atoms with Crippen LogP contribution in [-0.2, 0) is 0 Å². The molecule has 1 amide bonds. The molecule has 0 fully saturated rings. The molecule has 0 atom stereocenters. The fraction of sp³-hybridized carbons (Fsp3) is 0. The molecule has 0 radical (unpaired) electrons. The van der Waals surface area contributed by atoms with Gasteiger partial charge >= 0.3 is 11.9 Å². The Morgan fingerprint density at radius 1 is 0.909 bits per heavy atom. The minimum Gasteiger partial charge on any atom is -0.478 e. The highest BCUT2D eigenvalue weighted by molar-refractivity contribution is 6.34. The number of anilines is 1. The molecule has 7 heteroatoms. The summed E-state index contributed by atoms with van der Waals surface area (Å²) in [6.07, 6.45) is 0. The van der Waals surface area contributed by atoms with Crippen LogP contribution in [-0.4, -0.2) is 28.1 Å². The van der Waals surface area contributed by atoms with E-state index in [-0.39, 0.29) is 27.4 Å². The van der Waals surface area contributed by atoms with E-state index in [4.69, 9.17) is 21.8 Å². The average molecular weight is 320 g/mol. The Balaban J connectivity index is 2.41. The van der Waals surface area contributed by atoms with E-state index in [0.717, 1.165) is 18.2 Å². The molecule has 22 heavy (non-hydrogen) atoms. The van der Waals surface area contributed by atoms with E-state index in [0.29, 0.717) is 0 Å². The van der Waals surface area contributed by atoms with Crippen LogP contribution >= 0.6 is 11.6 Å². The van der Waals surface area contributed by atoms with Gasteiger partial charge in [-0.3, -0.25) is 4.79 Å². The van der Waals surface area contributed by atoms with E-state index >= 15 is 0 Å². The Labute approximate surface area is 130 Å². The van der Waals surface area contributed by atoms with Gasteiger partial charge in [-0.2, -0.15) is 0 Å². The summed E-state index contributed by atoms with van der Waals surface area (Å²) in [5.41, 5.74) is -0.316. The van der Waals surface area contributed by atoms with Gasteiger partial charge < -0.3 is 15.5 Å². The highest BCUT2D eigenvalue weighted by atomic mass is 35.5. The number of halogens is 1. The predicted octanol–water partition coefficient (Wildman–Crippen LogP) is 2.99. The van der Waals surface area contributed by atoms with Gasteiger partial charge in [0, 0.05) is 0 Å². The standard InChI is InChI=1S/C15H10ClNO5/c16-11-4-2-1-3-9(11)13(18)17-12-7-8(14(19)20)5-6-10(12)15(21)22/h1-7H,(H,17,18)(H,19,20)(H,21,22). The third-order valence-electron chi connectivity index (χ3n) is 2.86. The van der Waals surface area contributed by atoms with Crippen molar-refractivity contribution < 1.29 is 24.6 Å². The number of hydrogen-bond donors (Lipinski definition) is 3. The molecule has 112 valence electrons. The summed E-state index contributed by atoms with van der Waals surface area (Å²) in [6.45, 7) is 0. The third-order valence-corrected chi connectivity index (χ3v) is 3.19. The van der Waals surface area contributed by atoms with E-state index in [2.05, 4.69) is 5.32 Å². The van der Waals surface area contributed by atoms with Gasteiger partial charge in [0.25, 0.3) is 5.91 Å². The summed E-state index contributed by atoms with van der Waals surface area (Å²) >= 11 is 5.90. The molecule has 2 aromatic rings. The second kappa shape index (κ2) is 6.28. The molecule has 0 bridgehead atoms. The molecular formula is C15H10ClNO5. The molecule has 0 heterocycles. The van der Waals surface area contributed by atoms with Crippen LogP contribution in [0.15, 0.2) is 42.5 Å². The number of benzene rings is 2. The summed E-state index contributed by atoms with van der Waals surface area (Å²) in [7, 11) is 0. The molecule has 0 aromatic heterocycles. The number of carboxylic acids is 2. The lowest BCUT2D eigenvalue weighted by atomic mass is 10.1. The average Bonchev–Trinajstić information content (AvgIpc) is 2.47. The van der Waals surface area contributed by atoms with E-state index in [9.17, 15) is 14.4 Å². The maximum absolute atomic E-state index is 12.2. The number of carboxylic acid groups (broad SMARTS) is 2. The van der Waals surface area contributed by atoms with E-state index < -0.39 is 17.8 Å². The van der Waals surface area contributed by atoms with Gasteiger partial charge in [0.15, 0.2) is 0 Å². The van der Waals surface area contributed by atoms with Crippen molar-refractivity contribution in [1.82, 2.24) is 0 Å². The van der Waals surface area contributed by atoms with Crippen molar-refractivity contribution >= 4 is 35.1 Å². The molecule has 0 aliphatic carbocycles. The Kier molecular flexibility index (Phi) is 4.43. The smallest absolute Gasteiger partial charge is 0.337 e. The van der Waals surface area contributed by atoms with Crippen molar-refractivity contribution in [2.75, 3.05) is 5.32 Å². The Hall–Kier alpha value is -2.86. The highest BCUT2D eigenvalue weighted by Gasteiger charge is 2.17. The van der Waals surface area contributed by atoms with Gasteiger partial charge in [0.05, 0.1) is 27.4 Å². The van der Waals surface area contributed by atoms with Crippen LogP contribution in [0.1, 0.15) is 31.1 Å². The first-order valence-electron chi connectivity index (χ1n) is 6.06. The molecule has 2 rings (SSSR count). The topological polar surface area (TPSA) is 104 Å². The molecule has 0 saturated heterocycles. The quantitative estimate of drug-likeness (QED) is 0.803. The zero-order chi connectivity index (χ0) is 16.3. The first-order chi connectivity index (χ1) is 10.4. The number of hydrogen-bond acceptors (Lipinski definition) is 3. The monoisotopic (exact) mass is 319 g/mol. The Morgan fingerprint density at radius 2 is 1.59 bits per heavy atom. The summed E-state index contributed by atoms with van der Waals surface area (Å²) in [6, 6.07) is 9.59. The molecular weight excluding hydrogens is 310 g/mol. The minimum atomic E-state index is -1.29. The molecule has 3 N–H and O–H groups in total. The fourth-order valence-corrected chi connectivity index (χ4v) is 2.02. The zero-order valence-corrected chi connectivity index (χ0v) is 11.8. The van der Waals surface area contributed by atoms with Crippen LogP contribution in [0.25, 0.3) is 0 Å². The first-order valence-corrected chi connectivity index (χ1v) is 6.44. The maximum Gasteiger partial charge on any atom is 0.337 e. The van der Waals surface area contributed by atoms with Gasteiger partial charge in [-0.05, 0) is 30.3 Å². The minimum absolute atomic E-state index is 0.114. The number of aromatic carboxylic acids is 2. The van der Waals surface area contributed by atoms with Crippen LogP contribution < -0.4 is 5.32 Å². The normalized spacial score (nSPS) is 10.0. The van der Waals surface area contributed by atoms with E-state index in [1.807, 2.05) is 0 Å². The van der Waals surface area contributed by atoms with Crippen molar-refractivity contribution in [1.29, 1.82) is 0 Å². The molecule has 2 aromatic carbocycles. The predicted molar refractivity (Wildman–Crippen MR) is 79.8 cm³/mol. The lowest BCUT2D eigenvalue weighted by molar-refractivity contribution is 0.0682. The SMILES string of the molecule is O=C(O)c1ccc(C(=O)O)c(NC(=O)c2ccccc2Cl)c1. The van der Waals surface area contributed by atoms with E-state index in [1.165, 1.54) is 12.1 Å². The Morgan fingerprint density at radius 3 is 2.18 bits per heavy atom. The van der Waals surface area contributed by atoms with Gasteiger partial charge in [0.2, 0.25) is 0 Å². The van der Waals surface area contributed by atoms with Crippen molar-refractivity contribution in [3.05, 3.63) is 64.2 Å². The third kappa shape index (κ3) is 3.24. The molecule has 0 saturated carbocycles. The second-order valence-electron chi connectivity index (χ2n) is 4.30. The first kappa shape index (κ1) is 15.5. The number of nitrogens with one attached hydrogen (secondary N) is 1. The van der Waals surface area contributed by atoms with Crippen LogP contribution in [0.3, 0.4) is 0 Å².